The molecule has 1 aliphatic heterocycles. The van der Waals surface area contributed by atoms with Crippen molar-refractivity contribution in [2.45, 2.75) is 6.18 Å². The largest absolute Gasteiger partial charge is 0.401 e. The molecule has 0 aliphatic carbocycles. The summed E-state index contributed by atoms with van der Waals surface area (Å²) in [7, 11) is 0. The van der Waals surface area contributed by atoms with E-state index in [-0.39, 0.29) is 18.1 Å². The average molecular weight is 321 g/mol. The maximum absolute atomic E-state index is 14.0. The molecule has 3 nitrogen and oxygen atoms in total. The molecular weight excluding hydrogens is 306 g/mol. The Morgan fingerprint density at radius 3 is 2.29 bits per heavy atom. The molecule has 0 unspecified atom stereocenters. The Kier molecular flexibility index (Phi) is 4.67. The highest BCUT2D eigenvalue weighted by Gasteiger charge is 2.32. The zero-order valence-electron chi connectivity index (χ0n) is 11.2. The molecule has 1 aromatic rings. The van der Waals surface area contributed by atoms with E-state index < -0.39 is 18.5 Å². The van der Waals surface area contributed by atoms with Crippen molar-refractivity contribution in [1.29, 1.82) is 0 Å². The number of nitrogens with zero attached hydrogens (tertiary/aromatic N) is 2. The molecule has 8 heteroatoms. The second-order valence-corrected chi connectivity index (χ2v) is 5.35. The Labute approximate surface area is 125 Å². The van der Waals surface area contributed by atoms with Gasteiger partial charge in [-0.25, -0.2) is 4.39 Å². The Hall–Kier alpha value is -1.41. The molecule has 0 aromatic heterocycles. The molecule has 1 aliphatic rings. The SMILES string of the molecule is NC(=S)c1ccc(N2CCN(CC(F)(F)F)CC2)c(F)c1. The summed E-state index contributed by atoms with van der Waals surface area (Å²) in [6, 6.07) is 4.42. The van der Waals surface area contributed by atoms with Crippen LogP contribution in [0.15, 0.2) is 18.2 Å². The fourth-order valence-corrected chi connectivity index (χ4v) is 2.44. The normalized spacial score (nSPS) is 17.0. The second kappa shape index (κ2) is 6.15. The van der Waals surface area contributed by atoms with Crippen LogP contribution < -0.4 is 10.6 Å². The molecule has 0 saturated carbocycles. The monoisotopic (exact) mass is 321 g/mol. The van der Waals surface area contributed by atoms with Gasteiger partial charge in [-0.15, -0.1) is 0 Å². The molecule has 2 N–H and O–H groups in total. The third kappa shape index (κ3) is 4.28. The highest BCUT2D eigenvalue weighted by molar-refractivity contribution is 7.80. The minimum absolute atomic E-state index is 0.107. The minimum Gasteiger partial charge on any atom is -0.389 e. The fourth-order valence-electron chi connectivity index (χ4n) is 2.32. The van der Waals surface area contributed by atoms with Gasteiger partial charge in [-0.3, -0.25) is 4.90 Å². The van der Waals surface area contributed by atoms with Crippen molar-refractivity contribution in [1.82, 2.24) is 4.90 Å². The molecule has 1 heterocycles. The van der Waals surface area contributed by atoms with Crippen LogP contribution in [0.1, 0.15) is 5.56 Å². The standard InChI is InChI=1S/C13H15F4N3S/c14-10-7-9(12(18)21)1-2-11(10)20-5-3-19(4-6-20)8-13(15,16)17/h1-2,7H,3-6,8H2,(H2,18,21). The van der Waals surface area contributed by atoms with Crippen molar-refractivity contribution in [3.8, 4) is 0 Å². The van der Waals surface area contributed by atoms with E-state index in [1.807, 2.05) is 0 Å². The van der Waals surface area contributed by atoms with Crippen molar-refractivity contribution in [3.05, 3.63) is 29.6 Å². The van der Waals surface area contributed by atoms with Gasteiger partial charge >= 0.3 is 6.18 Å². The van der Waals surface area contributed by atoms with E-state index in [1.165, 1.54) is 11.0 Å². The fraction of sp³-hybridized carbons (Fsp3) is 0.462. The summed E-state index contributed by atoms with van der Waals surface area (Å²) in [4.78, 5) is 3.15. The third-order valence-electron chi connectivity index (χ3n) is 3.35. The van der Waals surface area contributed by atoms with Gasteiger partial charge in [-0.1, -0.05) is 12.2 Å². The van der Waals surface area contributed by atoms with Crippen molar-refractivity contribution in [2.75, 3.05) is 37.6 Å². The van der Waals surface area contributed by atoms with Crippen LogP contribution in [0.4, 0.5) is 23.2 Å². The first-order valence-electron chi connectivity index (χ1n) is 6.40. The molecule has 1 fully saturated rings. The Bertz CT molecular complexity index is 525. The van der Waals surface area contributed by atoms with Crippen LogP contribution in [0.2, 0.25) is 0 Å². The summed E-state index contributed by atoms with van der Waals surface area (Å²) >= 11 is 4.77. The third-order valence-corrected chi connectivity index (χ3v) is 3.58. The lowest BCUT2D eigenvalue weighted by atomic mass is 10.1. The lowest BCUT2D eigenvalue weighted by Gasteiger charge is -2.36. The topological polar surface area (TPSA) is 32.5 Å². The molecule has 0 spiro atoms. The van der Waals surface area contributed by atoms with Crippen LogP contribution in [-0.2, 0) is 0 Å². The van der Waals surface area contributed by atoms with E-state index in [0.29, 0.717) is 24.3 Å². The Morgan fingerprint density at radius 2 is 1.81 bits per heavy atom. The summed E-state index contributed by atoms with van der Waals surface area (Å²) in [5, 5.41) is 0. The zero-order valence-corrected chi connectivity index (χ0v) is 12.0. The first-order valence-corrected chi connectivity index (χ1v) is 6.80. The number of hydrogen-bond donors (Lipinski definition) is 1. The summed E-state index contributed by atoms with van der Waals surface area (Å²) in [5.41, 5.74) is 6.22. The molecule has 1 aromatic carbocycles. The highest BCUT2D eigenvalue weighted by Crippen LogP contribution is 2.23. The molecule has 0 radical (unpaired) electrons. The van der Waals surface area contributed by atoms with Gasteiger partial charge < -0.3 is 10.6 Å². The molecule has 0 amide bonds. The van der Waals surface area contributed by atoms with Crippen LogP contribution in [0.3, 0.4) is 0 Å². The van der Waals surface area contributed by atoms with Crippen LogP contribution in [0, 0.1) is 5.82 Å². The first-order chi connectivity index (χ1) is 9.76. The van der Waals surface area contributed by atoms with E-state index in [0.717, 1.165) is 0 Å². The summed E-state index contributed by atoms with van der Waals surface area (Å²) in [6.45, 7) is 0.258. The second-order valence-electron chi connectivity index (χ2n) is 4.91. The molecule has 0 atom stereocenters. The minimum atomic E-state index is -4.20. The molecule has 0 bridgehead atoms. The van der Waals surface area contributed by atoms with Gasteiger partial charge in [0.1, 0.15) is 10.8 Å². The lowest BCUT2D eigenvalue weighted by Crippen LogP contribution is -2.49. The van der Waals surface area contributed by atoms with E-state index in [1.54, 1.807) is 17.0 Å². The zero-order chi connectivity index (χ0) is 15.6. The quantitative estimate of drug-likeness (QED) is 0.683. The number of thiocarbonyl (C=S) groups is 1. The number of piperazine rings is 1. The number of alkyl halides is 3. The number of halogens is 4. The maximum atomic E-state index is 14.0. The van der Waals surface area contributed by atoms with Crippen LogP contribution in [-0.4, -0.2) is 48.8 Å². The number of benzene rings is 1. The summed E-state index contributed by atoms with van der Waals surface area (Å²) in [6.07, 6.45) is -4.20. The van der Waals surface area contributed by atoms with Crippen molar-refractivity contribution in [3.63, 3.8) is 0 Å². The summed E-state index contributed by atoms with van der Waals surface area (Å²) < 4.78 is 50.9. The van der Waals surface area contributed by atoms with E-state index in [4.69, 9.17) is 18.0 Å². The highest BCUT2D eigenvalue weighted by atomic mass is 32.1. The van der Waals surface area contributed by atoms with Gasteiger partial charge in [-0.05, 0) is 18.2 Å². The number of nitrogens with two attached hydrogens (primary N) is 1. The van der Waals surface area contributed by atoms with Gasteiger partial charge in [0.25, 0.3) is 0 Å². The van der Waals surface area contributed by atoms with Gasteiger partial charge in [-0.2, -0.15) is 13.2 Å². The molecule has 2 rings (SSSR count). The smallest absolute Gasteiger partial charge is 0.389 e. The van der Waals surface area contributed by atoms with Crippen LogP contribution in [0.25, 0.3) is 0 Å². The summed E-state index contributed by atoms with van der Waals surface area (Å²) in [5.74, 6) is -0.468. The van der Waals surface area contributed by atoms with Gasteiger partial charge in [0.15, 0.2) is 0 Å². The lowest BCUT2D eigenvalue weighted by molar-refractivity contribution is -0.146. The first kappa shape index (κ1) is 16.0. The maximum Gasteiger partial charge on any atom is 0.401 e. The van der Waals surface area contributed by atoms with E-state index >= 15 is 0 Å². The number of hydrogen-bond acceptors (Lipinski definition) is 3. The van der Waals surface area contributed by atoms with Gasteiger partial charge in [0.05, 0.1) is 12.2 Å². The molecule has 21 heavy (non-hydrogen) atoms. The van der Waals surface area contributed by atoms with Crippen molar-refractivity contribution in [2.24, 2.45) is 5.73 Å². The van der Waals surface area contributed by atoms with Crippen LogP contribution >= 0.6 is 12.2 Å². The van der Waals surface area contributed by atoms with Gasteiger partial charge in [0, 0.05) is 31.7 Å². The Balaban J connectivity index is 2.01. The van der Waals surface area contributed by atoms with Crippen molar-refractivity contribution < 1.29 is 17.6 Å². The van der Waals surface area contributed by atoms with E-state index in [2.05, 4.69) is 0 Å². The molecular formula is C13H15F4N3S. The van der Waals surface area contributed by atoms with Crippen LogP contribution in [0.5, 0.6) is 0 Å². The molecule has 1 saturated heterocycles. The predicted octanol–water partition coefficient (Wildman–Crippen LogP) is 2.14. The number of anilines is 1. The average Bonchev–Trinajstić information content (AvgIpc) is 2.38. The van der Waals surface area contributed by atoms with Gasteiger partial charge in [0.2, 0.25) is 0 Å². The Morgan fingerprint density at radius 1 is 1.19 bits per heavy atom. The number of rotatable bonds is 3. The van der Waals surface area contributed by atoms with E-state index in [9.17, 15) is 17.6 Å². The van der Waals surface area contributed by atoms with Crippen molar-refractivity contribution >= 4 is 22.9 Å². The molecule has 116 valence electrons. The predicted molar refractivity (Wildman–Crippen MR) is 77.0 cm³/mol.